The van der Waals surface area contributed by atoms with E-state index in [4.69, 9.17) is 0 Å². The normalized spacial score (nSPS) is 15.5. The topological polar surface area (TPSA) is 71.2 Å². The fraction of sp³-hybridized carbons (Fsp3) is 0.522. The molecule has 0 unspecified atom stereocenters. The zero-order valence-corrected chi connectivity index (χ0v) is 19.0. The van der Waals surface area contributed by atoms with Crippen molar-refractivity contribution in [1.82, 2.24) is 29.5 Å². The van der Waals surface area contributed by atoms with Crippen molar-refractivity contribution in [3.8, 4) is 0 Å². The summed E-state index contributed by atoms with van der Waals surface area (Å²) >= 11 is 0. The van der Waals surface area contributed by atoms with Crippen LogP contribution in [0.2, 0.25) is 0 Å². The highest BCUT2D eigenvalue weighted by Crippen LogP contribution is 2.28. The van der Waals surface area contributed by atoms with Crippen LogP contribution in [0.1, 0.15) is 30.7 Å². The van der Waals surface area contributed by atoms with E-state index in [1.165, 1.54) is 0 Å². The monoisotopic (exact) mass is 423 g/mol. The molecule has 1 saturated heterocycles. The zero-order chi connectivity index (χ0) is 22.0. The average molecular weight is 424 g/mol. The van der Waals surface area contributed by atoms with Gasteiger partial charge in [-0.15, -0.1) is 0 Å². The first-order chi connectivity index (χ1) is 14.9. The number of benzene rings is 1. The first kappa shape index (κ1) is 21.4. The standard InChI is InChI=1S/C23H33N7O/c1-17-15-24-16-29(17)11-5-10-25-23(31)30(19-8-12-27(3)13-9-19)20-6-7-21-18(2)26-28(4)22(21)14-20/h6-7,14-16,19H,5,8-13H2,1-4H3,(H,25,31). The molecular formula is C23H33N7O. The molecule has 0 spiro atoms. The van der Waals surface area contributed by atoms with Gasteiger partial charge in [-0.1, -0.05) is 0 Å². The summed E-state index contributed by atoms with van der Waals surface area (Å²) in [6.45, 7) is 7.55. The summed E-state index contributed by atoms with van der Waals surface area (Å²) in [5.41, 5.74) is 4.14. The number of amides is 2. The van der Waals surface area contributed by atoms with E-state index >= 15 is 0 Å². The summed E-state index contributed by atoms with van der Waals surface area (Å²) < 4.78 is 4.01. The largest absolute Gasteiger partial charge is 0.338 e. The van der Waals surface area contributed by atoms with E-state index in [2.05, 4.69) is 50.1 Å². The second-order valence-corrected chi connectivity index (χ2v) is 8.63. The molecule has 0 radical (unpaired) electrons. The summed E-state index contributed by atoms with van der Waals surface area (Å²) in [5.74, 6) is 0. The Kier molecular flexibility index (Phi) is 6.27. The number of carbonyl (C=O) groups excluding carboxylic acids is 1. The van der Waals surface area contributed by atoms with Gasteiger partial charge in [0.1, 0.15) is 0 Å². The van der Waals surface area contributed by atoms with Crippen LogP contribution in [0.5, 0.6) is 0 Å². The van der Waals surface area contributed by atoms with E-state index in [1.807, 2.05) is 43.0 Å². The Morgan fingerprint density at radius 3 is 2.71 bits per heavy atom. The highest BCUT2D eigenvalue weighted by Gasteiger charge is 2.28. The number of hydrogen-bond donors (Lipinski definition) is 1. The molecule has 1 N–H and O–H groups in total. The number of carbonyl (C=O) groups is 1. The maximum Gasteiger partial charge on any atom is 0.322 e. The number of likely N-dealkylation sites (tertiary alicyclic amines) is 1. The van der Waals surface area contributed by atoms with E-state index in [0.29, 0.717) is 6.54 Å². The Morgan fingerprint density at radius 1 is 1.23 bits per heavy atom. The number of nitrogens with one attached hydrogen (secondary N) is 1. The van der Waals surface area contributed by atoms with Gasteiger partial charge in [0, 0.05) is 49.1 Å². The van der Waals surface area contributed by atoms with Crippen molar-refractivity contribution in [3.05, 3.63) is 42.1 Å². The number of hydrogen-bond acceptors (Lipinski definition) is 4. The number of nitrogens with zero attached hydrogens (tertiary/aromatic N) is 6. The number of aryl methyl sites for hydroxylation is 4. The van der Waals surface area contributed by atoms with Gasteiger partial charge in [-0.2, -0.15) is 5.10 Å². The summed E-state index contributed by atoms with van der Waals surface area (Å²) in [6.07, 6.45) is 6.51. The van der Waals surface area contributed by atoms with Crippen LogP contribution >= 0.6 is 0 Å². The minimum atomic E-state index is -0.0184. The Balaban J connectivity index is 1.50. The molecule has 31 heavy (non-hydrogen) atoms. The number of piperidine rings is 1. The molecule has 0 aliphatic carbocycles. The molecule has 4 rings (SSSR count). The molecule has 3 heterocycles. The molecule has 1 aliphatic heterocycles. The minimum absolute atomic E-state index is 0.0184. The van der Waals surface area contributed by atoms with E-state index < -0.39 is 0 Å². The second-order valence-electron chi connectivity index (χ2n) is 8.63. The lowest BCUT2D eigenvalue weighted by molar-refractivity contribution is 0.227. The molecule has 1 aliphatic rings. The quantitative estimate of drug-likeness (QED) is 0.619. The number of fused-ring (bicyclic) bond motifs is 1. The molecule has 2 aromatic heterocycles. The molecular weight excluding hydrogens is 390 g/mol. The summed E-state index contributed by atoms with van der Waals surface area (Å²) in [4.78, 5) is 21.8. The van der Waals surface area contributed by atoms with Crippen LogP contribution in [0.15, 0.2) is 30.7 Å². The van der Waals surface area contributed by atoms with Crippen molar-refractivity contribution < 1.29 is 4.79 Å². The highest BCUT2D eigenvalue weighted by atomic mass is 16.2. The molecule has 166 valence electrons. The molecule has 0 bridgehead atoms. The smallest absolute Gasteiger partial charge is 0.322 e. The summed E-state index contributed by atoms with van der Waals surface area (Å²) in [7, 11) is 4.10. The molecule has 0 saturated carbocycles. The summed E-state index contributed by atoms with van der Waals surface area (Å²) in [6, 6.07) is 6.42. The third-order valence-corrected chi connectivity index (χ3v) is 6.34. The van der Waals surface area contributed by atoms with Crippen molar-refractivity contribution in [2.45, 2.75) is 45.7 Å². The third kappa shape index (κ3) is 4.58. The molecule has 1 aromatic carbocycles. The number of anilines is 1. The fourth-order valence-corrected chi connectivity index (χ4v) is 4.47. The molecule has 1 fully saturated rings. The molecule has 2 amide bonds. The van der Waals surface area contributed by atoms with Gasteiger partial charge in [0.05, 0.1) is 17.5 Å². The van der Waals surface area contributed by atoms with Gasteiger partial charge in [0.25, 0.3) is 0 Å². The maximum atomic E-state index is 13.3. The van der Waals surface area contributed by atoms with Crippen LogP contribution < -0.4 is 10.2 Å². The van der Waals surface area contributed by atoms with Crippen LogP contribution in [0.25, 0.3) is 10.9 Å². The van der Waals surface area contributed by atoms with Crippen LogP contribution in [-0.2, 0) is 13.6 Å². The van der Waals surface area contributed by atoms with E-state index in [1.54, 1.807) is 0 Å². The number of aromatic nitrogens is 4. The predicted octanol–water partition coefficient (Wildman–Crippen LogP) is 3.09. The van der Waals surface area contributed by atoms with Crippen LogP contribution in [0.4, 0.5) is 10.5 Å². The molecule has 3 aromatic rings. The van der Waals surface area contributed by atoms with Gasteiger partial charge in [0.15, 0.2) is 0 Å². The maximum absolute atomic E-state index is 13.3. The number of urea groups is 1. The van der Waals surface area contributed by atoms with Crippen molar-refractivity contribution in [2.24, 2.45) is 7.05 Å². The summed E-state index contributed by atoms with van der Waals surface area (Å²) in [5, 5.41) is 8.82. The zero-order valence-electron chi connectivity index (χ0n) is 19.0. The van der Waals surface area contributed by atoms with Crippen LogP contribution in [-0.4, -0.2) is 63.0 Å². The Bertz CT molecular complexity index is 1050. The average Bonchev–Trinajstić information content (AvgIpc) is 3.29. The first-order valence-electron chi connectivity index (χ1n) is 11.1. The van der Waals surface area contributed by atoms with Gasteiger partial charge in [0.2, 0.25) is 0 Å². The second kappa shape index (κ2) is 9.09. The van der Waals surface area contributed by atoms with Gasteiger partial charge in [-0.3, -0.25) is 9.58 Å². The third-order valence-electron chi connectivity index (χ3n) is 6.34. The minimum Gasteiger partial charge on any atom is -0.338 e. The fourth-order valence-electron chi connectivity index (χ4n) is 4.47. The van der Waals surface area contributed by atoms with E-state index in [9.17, 15) is 4.79 Å². The lowest BCUT2D eigenvalue weighted by Crippen LogP contribution is -2.50. The first-order valence-corrected chi connectivity index (χ1v) is 11.1. The lowest BCUT2D eigenvalue weighted by atomic mass is 10.0. The Morgan fingerprint density at radius 2 is 2.00 bits per heavy atom. The SMILES string of the molecule is Cc1nn(C)c2cc(N(C(=O)NCCCn3cncc3C)C3CCN(C)CC3)ccc12. The van der Waals surface area contributed by atoms with E-state index in [0.717, 1.165) is 66.9 Å². The Hall–Kier alpha value is -2.87. The molecule has 0 atom stereocenters. The number of imidazole rings is 1. The molecule has 8 heteroatoms. The van der Waals surface area contributed by atoms with Gasteiger partial charge in [-0.05, 0) is 71.4 Å². The van der Waals surface area contributed by atoms with Crippen molar-refractivity contribution in [3.63, 3.8) is 0 Å². The van der Waals surface area contributed by atoms with Gasteiger partial charge in [-0.25, -0.2) is 9.78 Å². The van der Waals surface area contributed by atoms with Gasteiger partial charge < -0.3 is 14.8 Å². The van der Waals surface area contributed by atoms with E-state index in [-0.39, 0.29) is 12.1 Å². The highest BCUT2D eigenvalue weighted by molar-refractivity contribution is 5.95. The van der Waals surface area contributed by atoms with Crippen LogP contribution in [0, 0.1) is 13.8 Å². The van der Waals surface area contributed by atoms with Crippen molar-refractivity contribution in [1.29, 1.82) is 0 Å². The molecule has 8 nitrogen and oxygen atoms in total. The Labute approximate surface area is 183 Å². The predicted molar refractivity (Wildman–Crippen MR) is 123 cm³/mol. The number of rotatable bonds is 6. The van der Waals surface area contributed by atoms with Crippen molar-refractivity contribution >= 4 is 22.6 Å². The lowest BCUT2D eigenvalue weighted by Gasteiger charge is -2.37. The van der Waals surface area contributed by atoms with Crippen molar-refractivity contribution in [2.75, 3.05) is 31.6 Å². The van der Waals surface area contributed by atoms with Gasteiger partial charge >= 0.3 is 6.03 Å². The van der Waals surface area contributed by atoms with Crippen LogP contribution in [0.3, 0.4) is 0 Å².